The molecule has 0 spiro atoms. The Morgan fingerprint density at radius 2 is 1.51 bits per heavy atom. The highest BCUT2D eigenvalue weighted by Gasteiger charge is 2.38. The maximum Gasteiger partial charge on any atom is 0.338 e. The normalized spacial score (nSPS) is 14.7. The molecular formula is C27H27N3O9. The summed E-state index contributed by atoms with van der Waals surface area (Å²) in [6.45, 7) is 4.07. The first-order valence-corrected chi connectivity index (χ1v) is 11.8. The number of rotatable bonds is 9. The molecule has 0 aromatic heterocycles. The molecule has 204 valence electrons. The van der Waals surface area contributed by atoms with Crippen molar-refractivity contribution in [3.05, 3.63) is 92.3 Å². The zero-order valence-electron chi connectivity index (χ0n) is 21.7. The number of hydrogen-bond donors (Lipinski definition) is 2. The van der Waals surface area contributed by atoms with Gasteiger partial charge in [-0.1, -0.05) is 12.1 Å². The van der Waals surface area contributed by atoms with E-state index >= 15 is 0 Å². The first kappa shape index (κ1) is 28.6. The molecule has 12 heteroatoms. The van der Waals surface area contributed by atoms with Crippen molar-refractivity contribution in [3.63, 3.8) is 0 Å². The molecule has 1 aliphatic rings. The van der Waals surface area contributed by atoms with Crippen LogP contribution in [0.3, 0.4) is 0 Å². The summed E-state index contributed by atoms with van der Waals surface area (Å²) in [7, 11) is 1.19. The number of anilines is 1. The Balaban J connectivity index is 1.75. The minimum absolute atomic E-state index is 0.0568. The highest BCUT2D eigenvalue weighted by atomic mass is 16.6. The average molecular weight is 538 g/mol. The number of methoxy groups -OCH3 is 1. The van der Waals surface area contributed by atoms with Gasteiger partial charge in [0.2, 0.25) is 5.91 Å². The van der Waals surface area contributed by atoms with Crippen LogP contribution >= 0.6 is 0 Å². The molecule has 1 atom stereocenters. The molecule has 39 heavy (non-hydrogen) atoms. The van der Waals surface area contributed by atoms with Crippen LogP contribution in [0.5, 0.6) is 0 Å². The number of benzene rings is 2. The molecule has 0 radical (unpaired) electrons. The second-order valence-electron chi connectivity index (χ2n) is 8.51. The van der Waals surface area contributed by atoms with Gasteiger partial charge in [0.25, 0.3) is 5.69 Å². The molecule has 1 heterocycles. The number of nitro benzene ring substituents is 1. The van der Waals surface area contributed by atoms with Crippen LogP contribution in [0.25, 0.3) is 0 Å². The molecule has 1 aliphatic heterocycles. The Bertz CT molecular complexity index is 1380. The molecule has 0 saturated carbocycles. The van der Waals surface area contributed by atoms with Gasteiger partial charge in [0.1, 0.15) is 13.2 Å². The summed E-state index contributed by atoms with van der Waals surface area (Å²) in [5.74, 6) is -3.43. The molecule has 0 bridgehead atoms. The van der Waals surface area contributed by atoms with Crippen LogP contribution in [-0.2, 0) is 28.6 Å². The smallest absolute Gasteiger partial charge is 0.338 e. The number of nitrogens with one attached hydrogen (secondary N) is 2. The highest BCUT2D eigenvalue weighted by Crippen LogP contribution is 2.40. The summed E-state index contributed by atoms with van der Waals surface area (Å²) < 4.78 is 15.4. The number of allylic oxidation sites excluding steroid dienone is 2. The van der Waals surface area contributed by atoms with E-state index in [4.69, 9.17) is 14.2 Å². The lowest BCUT2D eigenvalue weighted by atomic mass is 9.80. The van der Waals surface area contributed by atoms with Gasteiger partial charge in [-0.15, -0.1) is 0 Å². The number of hydrogen-bond acceptors (Lipinski definition) is 10. The van der Waals surface area contributed by atoms with Gasteiger partial charge in [-0.25, -0.2) is 14.4 Å². The van der Waals surface area contributed by atoms with Crippen LogP contribution in [0.15, 0.2) is 71.1 Å². The van der Waals surface area contributed by atoms with Crippen molar-refractivity contribution in [3.8, 4) is 0 Å². The topological polar surface area (TPSA) is 163 Å². The predicted molar refractivity (Wildman–Crippen MR) is 138 cm³/mol. The Morgan fingerprint density at radius 3 is 2.08 bits per heavy atom. The van der Waals surface area contributed by atoms with Crippen molar-refractivity contribution in [1.29, 1.82) is 0 Å². The lowest BCUT2D eigenvalue weighted by Crippen LogP contribution is -2.32. The molecular weight excluding hydrogens is 510 g/mol. The Kier molecular flexibility index (Phi) is 9.15. The number of dihydropyridines is 1. The van der Waals surface area contributed by atoms with Gasteiger partial charge in [0, 0.05) is 36.1 Å². The Morgan fingerprint density at radius 1 is 0.923 bits per heavy atom. The van der Waals surface area contributed by atoms with Gasteiger partial charge < -0.3 is 24.8 Å². The van der Waals surface area contributed by atoms with Gasteiger partial charge in [0.15, 0.2) is 0 Å². The highest BCUT2D eigenvalue weighted by molar-refractivity contribution is 6.00. The van der Waals surface area contributed by atoms with Gasteiger partial charge in [-0.3, -0.25) is 14.9 Å². The van der Waals surface area contributed by atoms with Gasteiger partial charge in [-0.2, -0.15) is 0 Å². The molecule has 3 rings (SSSR count). The summed E-state index contributed by atoms with van der Waals surface area (Å²) in [4.78, 5) is 60.1. The van der Waals surface area contributed by atoms with Crippen LogP contribution in [0, 0.1) is 10.1 Å². The van der Waals surface area contributed by atoms with E-state index in [0.717, 1.165) is 0 Å². The SMILES string of the molecule is COC(=O)C1=C(C)NC(C)=C(C(=O)OCCOC(=O)c2ccc(NC(C)=O)cc2)[C@@H]1c1cccc([N+](=O)[O-])c1. The largest absolute Gasteiger partial charge is 0.466 e. The number of nitro groups is 1. The predicted octanol–water partition coefficient (Wildman–Crippen LogP) is 3.36. The lowest BCUT2D eigenvalue weighted by Gasteiger charge is -2.30. The molecule has 2 N–H and O–H groups in total. The number of ether oxygens (including phenoxy) is 3. The second-order valence-corrected chi connectivity index (χ2v) is 8.51. The zero-order chi connectivity index (χ0) is 28.7. The number of carbonyl (C=O) groups is 4. The van der Waals surface area contributed by atoms with Crippen molar-refractivity contribution in [2.75, 3.05) is 25.6 Å². The van der Waals surface area contributed by atoms with Crippen molar-refractivity contribution >= 4 is 35.2 Å². The van der Waals surface area contributed by atoms with E-state index in [1.807, 2.05) is 0 Å². The number of esters is 3. The van der Waals surface area contributed by atoms with E-state index in [0.29, 0.717) is 22.6 Å². The zero-order valence-corrected chi connectivity index (χ0v) is 21.7. The number of non-ortho nitro benzene ring substituents is 1. The molecule has 2 aromatic rings. The molecule has 1 amide bonds. The maximum absolute atomic E-state index is 13.2. The monoisotopic (exact) mass is 537 g/mol. The summed E-state index contributed by atoms with van der Waals surface area (Å²) >= 11 is 0. The summed E-state index contributed by atoms with van der Waals surface area (Å²) in [5.41, 5.74) is 1.84. The number of carbonyl (C=O) groups excluding carboxylic acids is 4. The second kappa shape index (κ2) is 12.5. The third kappa shape index (κ3) is 6.86. The fourth-order valence-corrected chi connectivity index (χ4v) is 4.12. The van der Waals surface area contributed by atoms with Crippen molar-refractivity contribution in [1.82, 2.24) is 5.32 Å². The van der Waals surface area contributed by atoms with Crippen LogP contribution in [0.1, 0.15) is 42.6 Å². The van der Waals surface area contributed by atoms with E-state index in [2.05, 4.69) is 10.6 Å². The lowest BCUT2D eigenvalue weighted by molar-refractivity contribution is -0.384. The molecule has 0 fully saturated rings. The van der Waals surface area contributed by atoms with E-state index in [9.17, 15) is 29.3 Å². The molecule has 0 unspecified atom stereocenters. The summed E-state index contributed by atoms with van der Waals surface area (Å²) in [6.07, 6.45) is 0. The van der Waals surface area contributed by atoms with Gasteiger partial charge in [-0.05, 0) is 43.7 Å². The number of nitrogens with zero attached hydrogens (tertiary/aromatic N) is 1. The third-order valence-corrected chi connectivity index (χ3v) is 5.79. The quantitative estimate of drug-likeness (QED) is 0.159. The first-order chi connectivity index (χ1) is 18.5. The van der Waals surface area contributed by atoms with E-state index < -0.39 is 28.7 Å². The molecule has 2 aromatic carbocycles. The summed E-state index contributed by atoms with van der Waals surface area (Å²) in [6, 6.07) is 11.7. The van der Waals surface area contributed by atoms with E-state index in [1.54, 1.807) is 32.0 Å². The Labute approximate surface area is 223 Å². The van der Waals surface area contributed by atoms with Crippen LogP contribution in [0.2, 0.25) is 0 Å². The van der Waals surface area contributed by atoms with Crippen molar-refractivity contribution in [2.24, 2.45) is 0 Å². The van der Waals surface area contributed by atoms with Crippen LogP contribution in [-0.4, -0.2) is 49.1 Å². The van der Waals surface area contributed by atoms with Crippen LogP contribution < -0.4 is 10.6 Å². The molecule has 12 nitrogen and oxygen atoms in total. The van der Waals surface area contributed by atoms with Crippen molar-refractivity contribution < 1.29 is 38.3 Å². The van der Waals surface area contributed by atoms with Gasteiger partial charge >= 0.3 is 17.9 Å². The van der Waals surface area contributed by atoms with E-state index in [1.165, 1.54) is 44.4 Å². The minimum Gasteiger partial charge on any atom is -0.466 e. The third-order valence-electron chi connectivity index (χ3n) is 5.79. The van der Waals surface area contributed by atoms with Crippen LogP contribution in [0.4, 0.5) is 11.4 Å². The fourth-order valence-electron chi connectivity index (χ4n) is 4.12. The summed E-state index contributed by atoms with van der Waals surface area (Å²) in [5, 5.41) is 16.9. The maximum atomic E-state index is 13.2. The first-order valence-electron chi connectivity index (χ1n) is 11.8. The van der Waals surface area contributed by atoms with Crippen molar-refractivity contribution in [2.45, 2.75) is 26.7 Å². The average Bonchev–Trinajstić information content (AvgIpc) is 2.90. The molecule has 0 saturated heterocycles. The van der Waals surface area contributed by atoms with Gasteiger partial charge in [0.05, 0.1) is 34.7 Å². The minimum atomic E-state index is -1.00. The molecule has 0 aliphatic carbocycles. The number of amides is 1. The Hall–Kier alpha value is -5.00. The van der Waals surface area contributed by atoms with E-state index in [-0.39, 0.29) is 41.5 Å². The standard InChI is InChI=1S/C27H27N3O9/c1-15-22(26(33)37-4)24(19-6-5-7-21(14-19)30(35)36)23(16(2)28-15)27(34)39-13-12-38-25(32)18-8-10-20(11-9-18)29-17(3)31/h5-11,14,24,28H,12-13H2,1-4H3,(H,29,31)/t24-/m1/s1. The fraction of sp³-hybridized carbons (Fsp3) is 0.259.